The molecule has 1 aromatic rings. The summed E-state index contributed by atoms with van der Waals surface area (Å²) in [4.78, 5) is 22.1. The molecule has 1 N–H and O–H groups in total. The van der Waals surface area contributed by atoms with Crippen LogP contribution in [0.25, 0.3) is 0 Å². The maximum atomic E-state index is 11.4. The molecule has 6 nitrogen and oxygen atoms in total. The molecule has 0 aromatic heterocycles. The molecule has 0 fully saturated rings. The van der Waals surface area contributed by atoms with E-state index in [0.29, 0.717) is 34.4 Å². The first-order chi connectivity index (χ1) is 9.51. The van der Waals surface area contributed by atoms with Gasteiger partial charge in [0.05, 0.1) is 22.6 Å². The summed E-state index contributed by atoms with van der Waals surface area (Å²) in [6.45, 7) is 0. The fraction of sp³-hybridized carbons (Fsp3) is 0.308. The van der Waals surface area contributed by atoms with Gasteiger partial charge in [0.25, 0.3) is 5.69 Å². The van der Waals surface area contributed by atoms with Crippen molar-refractivity contribution in [2.75, 3.05) is 12.4 Å². The van der Waals surface area contributed by atoms with Crippen molar-refractivity contribution in [2.24, 2.45) is 0 Å². The molecule has 0 heterocycles. The second-order valence-electron chi connectivity index (χ2n) is 4.37. The van der Waals surface area contributed by atoms with Gasteiger partial charge in [0.2, 0.25) is 0 Å². The number of nitro groups is 1. The van der Waals surface area contributed by atoms with Crippen LogP contribution in [0.3, 0.4) is 0 Å². The smallest absolute Gasteiger partial charge is 0.297 e. The summed E-state index contributed by atoms with van der Waals surface area (Å²) >= 11 is 3.29. The number of ketones is 1. The number of ether oxygens (including phenoxy) is 1. The summed E-state index contributed by atoms with van der Waals surface area (Å²) < 4.78 is 5.53. The molecule has 2 rings (SSSR count). The number of benzene rings is 1. The summed E-state index contributed by atoms with van der Waals surface area (Å²) in [6, 6.07) is 2.98. The van der Waals surface area contributed by atoms with Gasteiger partial charge in [-0.05, 0) is 34.8 Å². The summed E-state index contributed by atoms with van der Waals surface area (Å²) in [7, 11) is 1.45. The molecule has 0 atom stereocenters. The fourth-order valence-electron chi connectivity index (χ4n) is 2.00. The molecule has 20 heavy (non-hydrogen) atoms. The Labute approximate surface area is 124 Å². The summed E-state index contributed by atoms with van der Waals surface area (Å²) in [5, 5.41) is 14.1. The molecule has 1 aliphatic carbocycles. The highest BCUT2D eigenvalue weighted by atomic mass is 79.9. The predicted octanol–water partition coefficient (Wildman–Crippen LogP) is 3.41. The first kappa shape index (κ1) is 14.5. The zero-order valence-electron chi connectivity index (χ0n) is 10.8. The summed E-state index contributed by atoms with van der Waals surface area (Å²) in [6.07, 6.45) is 3.47. The van der Waals surface area contributed by atoms with Crippen molar-refractivity contribution in [3.8, 4) is 5.75 Å². The highest BCUT2D eigenvalue weighted by molar-refractivity contribution is 9.10. The molecule has 0 unspecified atom stereocenters. The average molecular weight is 341 g/mol. The van der Waals surface area contributed by atoms with Crippen LogP contribution >= 0.6 is 15.9 Å². The van der Waals surface area contributed by atoms with Crippen LogP contribution in [0.4, 0.5) is 11.4 Å². The number of nitrogens with zero attached hydrogens (tertiary/aromatic N) is 1. The van der Waals surface area contributed by atoms with Crippen LogP contribution in [0.15, 0.2) is 28.4 Å². The molecule has 7 heteroatoms. The SMILES string of the molecule is COc1cc(Br)c(NC2=CC(=O)CCC2)c([N+](=O)[O-])c1. The molecule has 0 spiro atoms. The van der Waals surface area contributed by atoms with Crippen molar-refractivity contribution in [1.29, 1.82) is 0 Å². The molecule has 0 amide bonds. The van der Waals surface area contributed by atoms with E-state index >= 15 is 0 Å². The van der Waals surface area contributed by atoms with Crippen molar-refractivity contribution < 1.29 is 14.5 Å². The molecule has 1 aliphatic rings. The lowest BCUT2D eigenvalue weighted by Gasteiger charge is -2.16. The maximum absolute atomic E-state index is 11.4. The second kappa shape index (κ2) is 6.04. The van der Waals surface area contributed by atoms with E-state index in [2.05, 4.69) is 21.2 Å². The number of anilines is 1. The van der Waals surface area contributed by atoms with Crippen molar-refractivity contribution in [3.05, 3.63) is 38.5 Å². The maximum Gasteiger partial charge on any atom is 0.297 e. The number of nitrogens with one attached hydrogen (secondary N) is 1. The molecule has 0 bridgehead atoms. The van der Waals surface area contributed by atoms with Crippen molar-refractivity contribution in [1.82, 2.24) is 0 Å². The molecular weight excluding hydrogens is 328 g/mol. The van der Waals surface area contributed by atoms with Crippen molar-refractivity contribution in [3.63, 3.8) is 0 Å². The molecule has 0 radical (unpaired) electrons. The third kappa shape index (κ3) is 3.16. The highest BCUT2D eigenvalue weighted by Gasteiger charge is 2.21. The first-order valence-electron chi connectivity index (χ1n) is 6.03. The predicted molar refractivity (Wildman–Crippen MR) is 77.9 cm³/mol. The molecule has 0 aliphatic heterocycles. The number of hydrogen-bond acceptors (Lipinski definition) is 5. The lowest BCUT2D eigenvalue weighted by Crippen LogP contribution is -2.10. The number of carbonyl (C=O) groups is 1. The number of rotatable bonds is 4. The van der Waals surface area contributed by atoms with Crippen molar-refractivity contribution in [2.45, 2.75) is 19.3 Å². The van der Waals surface area contributed by atoms with Gasteiger partial charge < -0.3 is 10.1 Å². The van der Waals surface area contributed by atoms with Crippen LogP contribution in [0.1, 0.15) is 19.3 Å². The van der Waals surface area contributed by atoms with E-state index in [1.54, 1.807) is 6.07 Å². The standard InChI is InChI=1S/C13H13BrN2O4/c1-20-10-6-11(14)13(12(7-10)16(18)19)15-8-3-2-4-9(17)5-8/h5-7,15H,2-4H2,1H3. The third-order valence-corrected chi connectivity index (χ3v) is 3.59. The first-order valence-corrected chi connectivity index (χ1v) is 6.83. The van der Waals surface area contributed by atoms with Crippen LogP contribution < -0.4 is 10.1 Å². The van der Waals surface area contributed by atoms with E-state index in [9.17, 15) is 14.9 Å². The van der Waals surface area contributed by atoms with E-state index in [1.165, 1.54) is 19.3 Å². The number of allylic oxidation sites excluding steroid dienone is 2. The largest absolute Gasteiger partial charge is 0.496 e. The van der Waals surface area contributed by atoms with E-state index < -0.39 is 4.92 Å². The number of hydrogen-bond donors (Lipinski definition) is 1. The molecule has 0 saturated heterocycles. The van der Waals surface area contributed by atoms with Gasteiger partial charge in [0.15, 0.2) is 5.78 Å². The van der Waals surface area contributed by atoms with Gasteiger partial charge >= 0.3 is 0 Å². The second-order valence-corrected chi connectivity index (χ2v) is 5.23. The third-order valence-electron chi connectivity index (χ3n) is 2.97. The van der Waals surface area contributed by atoms with Crippen LogP contribution in [0.2, 0.25) is 0 Å². The number of halogens is 1. The van der Waals surface area contributed by atoms with Crippen LogP contribution in [0, 0.1) is 10.1 Å². The Morgan fingerprint density at radius 2 is 2.15 bits per heavy atom. The van der Waals surface area contributed by atoms with E-state index in [4.69, 9.17) is 4.74 Å². The fourth-order valence-corrected chi connectivity index (χ4v) is 2.53. The van der Waals surface area contributed by atoms with E-state index in [0.717, 1.165) is 6.42 Å². The quantitative estimate of drug-likeness (QED) is 0.670. The average Bonchev–Trinajstić information content (AvgIpc) is 2.40. The Hall–Kier alpha value is -1.89. The Kier molecular flexibility index (Phi) is 4.39. The van der Waals surface area contributed by atoms with Gasteiger partial charge in [-0.2, -0.15) is 0 Å². The van der Waals surface area contributed by atoms with Gasteiger partial charge in [0, 0.05) is 18.2 Å². The van der Waals surface area contributed by atoms with Crippen LogP contribution in [0.5, 0.6) is 5.75 Å². The minimum absolute atomic E-state index is 0.0334. The monoisotopic (exact) mass is 340 g/mol. The van der Waals surface area contributed by atoms with Crippen LogP contribution in [-0.2, 0) is 4.79 Å². The van der Waals surface area contributed by atoms with Gasteiger partial charge in [-0.1, -0.05) is 0 Å². The summed E-state index contributed by atoms with van der Waals surface area (Å²) in [5.41, 5.74) is 0.919. The minimum Gasteiger partial charge on any atom is -0.496 e. The Morgan fingerprint density at radius 3 is 2.75 bits per heavy atom. The van der Waals surface area contributed by atoms with Gasteiger partial charge in [-0.15, -0.1) is 0 Å². The zero-order valence-corrected chi connectivity index (χ0v) is 12.4. The van der Waals surface area contributed by atoms with Crippen molar-refractivity contribution >= 4 is 33.1 Å². The topological polar surface area (TPSA) is 81.5 Å². The zero-order chi connectivity index (χ0) is 14.7. The minimum atomic E-state index is -0.485. The Balaban J connectivity index is 2.40. The van der Waals surface area contributed by atoms with Gasteiger partial charge in [-0.25, -0.2) is 0 Å². The Bertz CT molecular complexity index is 598. The summed E-state index contributed by atoms with van der Waals surface area (Å²) in [5.74, 6) is 0.425. The number of methoxy groups -OCH3 is 1. The lowest BCUT2D eigenvalue weighted by atomic mass is 10.0. The molecular formula is C13H13BrN2O4. The van der Waals surface area contributed by atoms with E-state index in [1.807, 2.05) is 0 Å². The van der Waals surface area contributed by atoms with Gasteiger partial charge in [-0.3, -0.25) is 14.9 Å². The molecule has 106 valence electrons. The van der Waals surface area contributed by atoms with Gasteiger partial charge in [0.1, 0.15) is 11.4 Å². The normalized spacial score (nSPS) is 14.7. The number of nitro benzene ring substituents is 1. The lowest BCUT2D eigenvalue weighted by molar-refractivity contribution is -0.384. The highest BCUT2D eigenvalue weighted by Crippen LogP contribution is 2.38. The molecule has 1 aromatic carbocycles. The molecule has 0 saturated carbocycles. The Morgan fingerprint density at radius 1 is 1.40 bits per heavy atom. The van der Waals surface area contributed by atoms with E-state index in [-0.39, 0.29) is 11.5 Å². The number of carbonyl (C=O) groups excluding carboxylic acids is 1. The van der Waals surface area contributed by atoms with Crippen LogP contribution in [-0.4, -0.2) is 17.8 Å².